The van der Waals surface area contributed by atoms with Crippen LogP contribution in [0.25, 0.3) is 0 Å². The zero-order chi connectivity index (χ0) is 14.8. The van der Waals surface area contributed by atoms with E-state index in [1.165, 1.54) is 36.4 Å². The van der Waals surface area contributed by atoms with Gasteiger partial charge in [0.05, 0.1) is 10.7 Å². The predicted molar refractivity (Wildman–Crippen MR) is 87.4 cm³/mol. The van der Waals surface area contributed by atoms with Crippen molar-refractivity contribution in [3.63, 3.8) is 0 Å². The molecule has 1 aliphatic rings. The molecule has 114 valence electrons. The number of nitrogens with one attached hydrogen (secondary N) is 1. The van der Waals surface area contributed by atoms with Gasteiger partial charge in [-0.1, -0.05) is 20.8 Å². The smallest absolute Gasteiger partial charge is 0.0982 e. The third-order valence-corrected chi connectivity index (χ3v) is 5.65. The van der Waals surface area contributed by atoms with Gasteiger partial charge in [0.15, 0.2) is 0 Å². The monoisotopic (exact) mass is 295 g/mol. The Morgan fingerprint density at radius 3 is 2.45 bits per heavy atom. The van der Waals surface area contributed by atoms with E-state index in [2.05, 4.69) is 50.5 Å². The quantitative estimate of drug-likeness (QED) is 0.923. The van der Waals surface area contributed by atoms with Crippen molar-refractivity contribution in [3.8, 4) is 0 Å². The lowest BCUT2D eigenvalue weighted by molar-refractivity contribution is 0.168. The first-order valence-electron chi connectivity index (χ1n) is 7.72. The van der Waals surface area contributed by atoms with Gasteiger partial charge in [0, 0.05) is 29.4 Å². The number of hydrogen-bond donors (Lipinski definition) is 1. The first kappa shape index (κ1) is 15.9. The zero-order valence-corrected chi connectivity index (χ0v) is 14.4. The van der Waals surface area contributed by atoms with Gasteiger partial charge >= 0.3 is 0 Å². The molecule has 3 nitrogen and oxygen atoms in total. The largest absolute Gasteiger partial charge is 0.317 e. The van der Waals surface area contributed by atoms with Gasteiger partial charge in [0.2, 0.25) is 0 Å². The fourth-order valence-corrected chi connectivity index (χ4v) is 3.81. The number of hydrogen-bond acceptors (Lipinski definition) is 4. The van der Waals surface area contributed by atoms with E-state index in [0.29, 0.717) is 0 Å². The lowest BCUT2D eigenvalue weighted by Crippen LogP contribution is -2.39. The first-order chi connectivity index (χ1) is 9.40. The summed E-state index contributed by atoms with van der Waals surface area (Å²) in [6.07, 6.45) is 5.21. The summed E-state index contributed by atoms with van der Waals surface area (Å²) in [5.41, 5.74) is 1.41. The van der Waals surface area contributed by atoms with Gasteiger partial charge < -0.3 is 5.32 Å². The third kappa shape index (κ3) is 4.03. The van der Waals surface area contributed by atoms with Crippen LogP contribution in [0.4, 0.5) is 0 Å². The van der Waals surface area contributed by atoms with Gasteiger partial charge in [-0.2, -0.15) is 0 Å². The van der Waals surface area contributed by atoms with Gasteiger partial charge in [-0.3, -0.25) is 4.90 Å². The van der Waals surface area contributed by atoms with E-state index in [4.69, 9.17) is 4.98 Å². The second-order valence-electron chi connectivity index (χ2n) is 7.10. The van der Waals surface area contributed by atoms with E-state index >= 15 is 0 Å². The van der Waals surface area contributed by atoms with Crippen LogP contribution < -0.4 is 5.32 Å². The Labute approximate surface area is 127 Å². The van der Waals surface area contributed by atoms with Crippen LogP contribution in [0.15, 0.2) is 5.38 Å². The molecule has 1 fully saturated rings. The van der Waals surface area contributed by atoms with Crippen LogP contribution in [0.1, 0.15) is 57.2 Å². The van der Waals surface area contributed by atoms with E-state index in [9.17, 15) is 0 Å². The Morgan fingerprint density at radius 1 is 1.30 bits per heavy atom. The Morgan fingerprint density at radius 2 is 1.95 bits per heavy atom. The predicted octanol–water partition coefficient (Wildman–Crippen LogP) is 3.40. The lowest BCUT2D eigenvalue weighted by atomic mass is 9.90. The maximum Gasteiger partial charge on any atom is 0.0982 e. The van der Waals surface area contributed by atoms with Crippen molar-refractivity contribution >= 4 is 11.3 Å². The fraction of sp³-hybridized carbons (Fsp3) is 0.812. The highest BCUT2D eigenvalue weighted by molar-refractivity contribution is 7.09. The van der Waals surface area contributed by atoms with Crippen LogP contribution in [-0.4, -0.2) is 36.1 Å². The van der Waals surface area contributed by atoms with Crippen LogP contribution >= 0.6 is 11.3 Å². The number of aromatic nitrogens is 1. The van der Waals surface area contributed by atoms with Gasteiger partial charge in [0.25, 0.3) is 0 Å². The van der Waals surface area contributed by atoms with Gasteiger partial charge in [0.1, 0.15) is 0 Å². The third-order valence-electron chi connectivity index (χ3n) is 4.33. The van der Waals surface area contributed by atoms with Crippen LogP contribution in [0.2, 0.25) is 0 Å². The van der Waals surface area contributed by atoms with E-state index < -0.39 is 0 Å². The Hall–Kier alpha value is -0.450. The van der Waals surface area contributed by atoms with E-state index in [1.54, 1.807) is 11.3 Å². The highest BCUT2D eigenvalue weighted by atomic mass is 32.1. The Balaban J connectivity index is 1.88. The normalized spacial score (nSPS) is 24.3. The summed E-state index contributed by atoms with van der Waals surface area (Å²) < 4.78 is 0. The molecular weight excluding hydrogens is 266 g/mol. The van der Waals surface area contributed by atoms with E-state index in [0.717, 1.165) is 18.6 Å². The zero-order valence-electron chi connectivity index (χ0n) is 13.6. The molecule has 1 saturated carbocycles. The minimum atomic E-state index is 0.173. The van der Waals surface area contributed by atoms with Crippen molar-refractivity contribution < 1.29 is 0 Å². The molecule has 0 aromatic carbocycles. The lowest BCUT2D eigenvalue weighted by Gasteiger charge is -2.34. The molecule has 0 bridgehead atoms. The van der Waals surface area contributed by atoms with Gasteiger partial charge in [-0.05, 0) is 39.8 Å². The average Bonchev–Trinajstić information content (AvgIpc) is 2.87. The maximum atomic E-state index is 4.81. The number of nitrogens with zero attached hydrogens (tertiary/aromatic N) is 2. The summed E-state index contributed by atoms with van der Waals surface area (Å²) in [6, 6.07) is 1.45. The molecule has 1 N–H and O–H groups in total. The molecule has 0 amide bonds. The number of rotatable bonds is 4. The van der Waals surface area contributed by atoms with Crippen molar-refractivity contribution in [2.24, 2.45) is 0 Å². The second kappa shape index (κ2) is 6.54. The van der Waals surface area contributed by atoms with Crippen molar-refractivity contribution in [1.82, 2.24) is 15.2 Å². The topological polar surface area (TPSA) is 28.2 Å². The molecule has 0 atom stereocenters. The summed E-state index contributed by atoms with van der Waals surface area (Å²) in [6.45, 7) is 7.69. The molecular formula is C16H29N3S. The first-order valence-corrected chi connectivity index (χ1v) is 8.60. The molecule has 1 aromatic heterocycles. The van der Waals surface area contributed by atoms with Crippen LogP contribution in [0, 0.1) is 0 Å². The minimum Gasteiger partial charge on any atom is -0.317 e. The standard InChI is InChI=1S/C16H29N3S/c1-16(2,3)15-18-13(11-20-15)10-19(5)14-8-6-12(17-4)7-9-14/h11-12,14,17H,6-10H2,1-5H3. The summed E-state index contributed by atoms with van der Waals surface area (Å²) in [5.74, 6) is 0. The highest BCUT2D eigenvalue weighted by Gasteiger charge is 2.24. The second-order valence-corrected chi connectivity index (χ2v) is 7.96. The molecule has 0 aliphatic heterocycles. The molecule has 1 aliphatic carbocycles. The van der Waals surface area contributed by atoms with Crippen LogP contribution in [0.5, 0.6) is 0 Å². The van der Waals surface area contributed by atoms with Crippen LogP contribution in [0.3, 0.4) is 0 Å². The molecule has 0 saturated heterocycles. The van der Waals surface area contributed by atoms with Gasteiger partial charge in [-0.25, -0.2) is 4.98 Å². The Bertz CT molecular complexity index is 414. The summed E-state index contributed by atoms with van der Waals surface area (Å²) in [5, 5.41) is 6.89. The van der Waals surface area contributed by atoms with Gasteiger partial charge in [-0.15, -0.1) is 11.3 Å². The van der Waals surface area contributed by atoms with Crippen molar-refractivity contribution in [2.75, 3.05) is 14.1 Å². The molecule has 2 rings (SSSR count). The van der Waals surface area contributed by atoms with E-state index in [-0.39, 0.29) is 5.41 Å². The molecule has 1 aromatic rings. The molecule has 4 heteroatoms. The van der Waals surface area contributed by atoms with Crippen molar-refractivity contribution in [1.29, 1.82) is 0 Å². The minimum absolute atomic E-state index is 0.173. The van der Waals surface area contributed by atoms with Crippen LogP contribution in [-0.2, 0) is 12.0 Å². The molecule has 20 heavy (non-hydrogen) atoms. The summed E-state index contributed by atoms with van der Waals surface area (Å²) in [4.78, 5) is 7.31. The molecule has 1 heterocycles. The Kier molecular flexibility index (Phi) is 5.21. The number of thiazole rings is 1. The van der Waals surface area contributed by atoms with Crippen molar-refractivity contribution in [2.45, 2.75) is 70.5 Å². The average molecular weight is 295 g/mol. The summed E-state index contributed by atoms with van der Waals surface area (Å²) >= 11 is 1.80. The molecule has 0 radical (unpaired) electrons. The molecule has 0 unspecified atom stereocenters. The molecule has 0 spiro atoms. The van der Waals surface area contributed by atoms with Crippen molar-refractivity contribution in [3.05, 3.63) is 16.1 Å². The van der Waals surface area contributed by atoms with E-state index in [1.807, 2.05) is 0 Å². The highest BCUT2D eigenvalue weighted by Crippen LogP contribution is 2.27. The fourth-order valence-electron chi connectivity index (χ4n) is 2.91. The maximum absolute atomic E-state index is 4.81. The summed E-state index contributed by atoms with van der Waals surface area (Å²) in [7, 11) is 4.33. The SMILES string of the molecule is CNC1CCC(N(C)Cc2csc(C(C)(C)C)n2)CC1.